The van der Waals surface area contributed by atoms with Crippen LogP contribution in [0.3, 0.4) is 0 Å². The fraction of sp³-hybridized carbons (Fsp3) is 0.333. The highest BCUT2D eigenvalue weighted by Gasteiger charge is 2.31. The Balaban J connectivity index is 1.50. The summed E-state index contributed by atoms with van der Waals surface area (Å²) in [7, 11) is 0. The van der Waals surface area contributed by atoms with E-state index in [1.807, 2.05) is 54.9 Å². The van der Waals surface area contributed by atoms with Crippen LogP contribution >= 0.6 is 0 Å². The van der Waals surface area contributed by atoms with Crippen molar-refractivity contribution in [2.24, 2.45) is 0 Å². The molecule has 1 N–H and O–H groups in total. The van der Waals surface area contributed by atoms with E-state index in [4.69, 9.17) is 4.74 Å². The smallest absolute Gasteiger partial charge is 0.255 e. The average Bonchev–Trinajstić information content (AvgIpc) is 3.16. The lowest BCUT2D eigenvalue weighted by Gasteiger charge is -2.11. The number of ether oxygens (including phenoxy) is 1. The van der Waals surface area contributed by atoms with Crippen LogP contribution in [-0.4, -0.2) is 21.8 Å². The lowest BCUT2D eigenvalue weighted by Crippen LogP contribution is -2.24. The molecule has 0 unspecified atom stereocenters. The van der Waals surface area contributed by atoms with Crippen LogP contribution in [0, 0.1) is 13.8 Å². The van der Waals surface area contributed by atoms with Gasteiger partial charge in [0.2, 0.25) is 0 Å². The Morgan fingerprint density at radius 2 is 1.86 bits per heavy atom. The largest absolute Gasteiger partial charge is 0.489 e. The number of carbonyl (C=O) groups excluding carboxylic acids is 1. The summed E-state index contributed by atoms with van der Waals surface area (Å²) in [6, 6.07) is 16.1. The monoisotopic (exact) mass is 389 g/mol. The van der Waals surface area contributed by atoms with E-state index < -0.39 is 0 Å². The van der Waals surface area contributed by atoms with E-state index in [-0.39, 0.29) is 12.0 Å². The number of fused-ring (bicyclic) bond motifs is 1. The van der Waals surface area contributed by atoms with E-state index in [9.17, 15) is 4.79 Å². The quantitative estimate of drug-likeness (QED) is 0.705. The number of aryl methyl sites for hydroxylation is 1. The maximum atomic E-state index is 12.9. The third-order valence-electron chi connectivity index (χ3n) is 5.92. The van der Waals surface area contributed by atoms with E-state index in [1.165, 1.54) is 5.56 Å². The Morgan fingerprint density at radius 3 is 2.62 bits per heavy atom. The van der Waals surface area contributed by atoms with Crippen molar-refractivity contribution in [3.8, 4) is 5.75 Å². The molecule has 0 fully saturated rings. The second-order valence-electron chi connectivity index (χ2n) is 7.81. The van der Waals surface area contributed by atoms with Gasteiger partial charge in [-0.25, -0.2) is 0 Å². The Labute approximate surface area is 171 Å². The van der Waals surface area contributed by atoms with Gasteiger partial charge in [-0.05, 0) is 32.4 Å². The average molecular weight is 389 g/mol. The highest BCUT2D eigenvalue weighted by atomic mass is 16.5. The van der Waals surface area contributed by atoms with Crippen LogP contribution in [0.5, 0.6) is 5.75 Å². The van der Waals surface area contributed by atoms with Crippen LogP contribution in [0.1, 0.15) is 58.2 Å². The van der Waals surface area contributed by atoms with E-state index in [0.29, 0.717) is 18.0 Å². The normalized spacial score (nSPS) is 17.7. The van der Waals surface area contributed by atoms with Crippen molar-refractivity contribution >= 4 is 5.91 Å². The number of carbonyl (C=O) groups is 1. The number of benzene rings is 2. The predicted octanol–water partition coefficient (Wildman–Crippen LogP) is 4.36. The summed E-state index contributed by atoms with van der Waals surface area (Å²) in [6.45, 7) is 9.38. The van der Waals surface area contributed by atoms with E-state index >= 15 is 0 Å². The predicted molar refractivity (Wildman–Crippen MR) is 113 cm³/mol. The molecule has 2 heterocycles. The molecule has 3 aromatic rings. The molecule has 4 rings (SSSR count). The molecule has 2 aromatic carbocycles. The number of nitrogens with zero attached hydrogens (tertiary/aromatic N) is 2. The molecular weight excluding hydrogens is 362 g/mol. The first-order valence-electron chi connectivity index (χ1n) is 10.1. The molecule has 29 heavy (non-hydrogen) atoms. The molecule has 1 aliphatic rings. The maximum absolute atomic E-state index is 12.9. The second-order valence-corrected chi connectivity index (χ2v) is 7.81. The van der Waals surface area contributed by atoms with Crippen LogP contribution in [-0.2, 0) is 13.1 Å². The molecule has 0 radical (unpaired) electrons. The summed E-state index contributed by atoms with van der Waals surface area (Å²) in [6.07, 6.45) is 0.0830. The third kappa shape index (κ3) is 3.65. The molecule has 0 spiro atoms. The Kier molecular flexibility index (Phi) is 5.14. The first kappa shape index (κ1) is 19.2. The minimum absolute atomic E-state index is 0.0830. The summed E-state index contributed by atoms with van der Waals surface area (Å²) in [5.74, 6) is 0.898. The zero-order valence-corrected chi connectivity index (χ0v) is 17.4. The highest BCUT2D eigenvalue weighted by Crippen LogP contribution is 2.40. The van der Waals surface area contributed by atoms with Gasteiger partial charge in [0.1, 0.15) is 11.9 Å². The van der Waals surface area contributed by atoms with E-state index in [0.717, 1.165) is 34.8 Å². The summed E-state index contributed by atoms with van der Waals surface area (Å²) < 4.78 is 7.96. The van der Waals surface area contributed by atoms with E-state index in [2.05, 4.69) is 36.4 Å². The van der Waals surface area contributed by atoms with Gasteiger partial charge in [-0.1, -0.05) is 49.4 Å². The SMILES string of the molecule is Cc1nn(Cc2ccccc2)c(C)c1CNC(=O)c1cccc2c1O[C@H](C)[C@@H]2C. The molecule has 2 atom stereocenters. The number of amides is 1. The molecule has 150 valence electrons. The van der Waals surface area contributed by atoms with Gasteiger partial charge in [0.05, 0.1) is 17.8 Å². The van der Waals surface area contributed by atoms with Gasteiger partial charge < -0.3 is 10.1 Å². The number of aromatic nitrogens is 2. The number of nitrogens with one attached hydrogen (secondary N) is 1. The van der Waals surface area contributed by atoms with Crippen LogP contribution in [0.2, 0.25) is 0 Å². The molecule has 1 amide bonds. The van der Waals surface area contributed by atoms with Crippen LogP contribution < -0.4 is 10.1 Å². The number of para-hydroxylation sites is 1. The van der Waals surface area contributed by atoms with Gasteiger partial charge in [0.25, 0.3) is 5.91 Å². The van der Waals surface area contributed by atoms with Gasteiger partial charge >= 0.3 is 0 Å². The summed E-state index contributed by atoms with van der Waals surface area (Å²) in [4.78, 5) is 12.9. The standard InChI is InChI=1S/C24H27N3O2/c1-15-18(4)29-23-20(15)11-8-12-21(23)24(28)25-13-22-16(2)26-27(17(22)3)14-19-9-6-5-7-10-19/h5-12,15,18H,13-14H2,1-4H3,(H,25,28)/t15-,18+/m0/s1. The third-order valence-corrected chi connectivity index (χ3v) is 5.92. The first-order valence-corrected chi connectivity index (χ1v) is 10.1. The molecule has 0 aliphatic carbocycles. The minimum Gasteiger partial charge on any atom is -0.489 e. The van der Waals surface area contributed by atoms with Gasteiger partial charge in [0, 0.05) is 29.3 Å². The van der Waals surface area contributed by atoms with Crippen molar-refractivity contribution in [2.75, 3.05) is 0 Å². The van der Waals surface area contributed by atoms with Gasteiger partial charge in [0.15, 0.2) is 0 Å². The van der Waals surface area contributed by atoms with Crippen molar-refractivity contribution < 1.29 is 9.53 Å². The Bertz CT molecular complexity index is 1040. The van der Waals surface area contributed by atoms with E-state index in [1.54, 1.807) is 0 Å². The topological polar surface area (TPSA) is 56.2 Å². The molecule has 0 saturated heterocycles. The molecule has 0 bridgehead atoms. The van der Waals surface area contributed by atoms with Crippen LogP contribution in [0.25, 0.3) is 0 Å². The first-order chi connectivity index (χ1) is 14.0. The fourth-order valence-electron chi connectivity index (χ4n) is 3.93. The Morgan fingerprint density at radius 1 is 1.10 bits per heavy atom. The highest BCUT2D eigenvalue weighted by molar-refractivity contribution is 5.97. The number of hydrogen-bond acceptors (Lipinski definition) is 3. The molecule has 5 heteroatoms. The summed E-state index contributed by atoms with van der Waals surface area (Å²) >= 11 is 0. The maximum Gasteiger partial charge on any atom is 0.255 e. The number of hydrogen-bond donors (Lipinski definition) is 1. The second kappa shape index (κ2) is 7.74. The van der Waals surface area contributed by atoms with Crippen LogP contribution in [0.4, 0.5) is 0 Å². The van der Waals surface area contributed by atoms with Crippen molar-refractivity contribution in [3.63, 3.8) is 0 Å². The van der Waals surface area contributed by atoms with Crippen molar-refractivity contribution in [3.05, 3.63) is 82.2 Å². The van der Waals surface area contributed by atoms with Gasteiger partial charge in [-0.15, -0.1) is 0 Å². The summed E-state index contributed by atoms with van der Waals surface area (Å²) in [5.41, 5.74) is 5.98. The van der Waals surface area contributed by atoms with Gasteiger partial charge in [-0.3, -0.25) is 9.48 Å². The van der Waals surface area contributed by atoms with Gasteiger partial charge in [-0.2, -0.15) is 5.10 Å². The molecule has 5 nitrogen and oxygen atoms in total. The molecule has 1 aromatic heterocycles. The molecular formula is C24H27N3O2. The number of rotatable bonds is 5. The lowest BCUT2D eigenvalue weighted by atomic mass is 9.97. The van der Waals surface area contributed by atoms with Crippen LogP contribution in [0.15, 0.2) is 48.5 Å². The van der Waals surface area contributed by atoms with Crippen molar-refractivity contribution in [1.29, 1.82) is 0 Å². The molecule has 1 aliphatic heterocycles. The molecule has 0 saturated carbocycles. The lowest BCUT2D eigenvalue weighted by molar-refractivity contribution is 0.0946. The Hall–Kier alpha value is -3.08. The zero-order chi connectivity index (χ0) is 20.5. The van der Waals surface area contributed by atoms with Crippen molar-refractivity contribution in [2.45, 2.75) is 52.8 Å². The minimum atomic E-state index is -0.113. The zero-order valence-electron chi connectivity index (χ0n) is 17.4. The summed E-state index contributed by atoms with van der Waals surface area (Å²) in [5, 5.41) is 7.74. The fourth-order valence-corrected chi connectivity index (χ4v) is 3.93. The van der Waals surface area contributed by atoms with Crippen molar-refractivity contribution in [1.82, 2.24) is 15.1 Å².